The van der Waals surface area contributed by atoms with Gasteiger partial charge in [-0.1, -0.05) is 12.1 Å². The summed E-state index contributed by atoms with van der Waals surface area (Å²) in [6.45, 7) is 1.77. The highest BCUT2D eigenvalue weighted by atomic mass is 16.3. The van der Waals surface area contributed by atoms with Gasteiger partial charge in [-0.15, -0.1) is 0 Å². The number of rotatable bonds is 0. The van der Waals surface area contributed by atoms with Crippen molar-refractivity contribution in [3.05, 3.63) is 48.0 Å². The summed E-state index contributed by atoms with van der Waals surface area (Å²) in [7, 11) is 0. The largest absolute Gasteiger partial charge is 0.508 e. The van der Waals surface area contributed by atoms with Gasteiger partial charge in [0.2, 0.25) is 0 Å². The van der Waals surface area contributed by atoms with Crippen LogP contribution in [0.2, 0.25) is 0 Å². The Morgan fingerprint density at radius 3 is 1.59 bits per heavy atom. The predicted octanol–water partition coefficient (Wildman–Crippen LogP) is 2.50. The second kappa shape index (κ2) is 5.65. The zero-order valence-corrected chi connectivity index (χ0v) is 9.33. The first-order valence-corrected chi connectivity index (χ1v) is 4.95. The van der Waals surface area contributed by atoms with Gasteiger partial charge in [-0.3, -0.25) is 0 Å². The molecule has 4 N–H and O–H groups in total. The molecule has 0 saturated carbocycles. The number of aryl methyl sites for hydroxylation is 1. The molecule has 0 aliphatic carbocycles. The number of aromatic hydroxyl groups is 4. The van der Waals surface area contributed by atoms with Gasteiger partial charge in [0.25, 0.3) is 0 Å². The number of phenolic OH excluding ortho intramolecular Hbond substituents is 4. The molecule has 0 radical (unpaired) electrons. The van der Waals surface area contributed by atoms with Crippen LogP contribution in [0.15, 0.2) is 42.5 Å². The van der Waals surface area contributed by atoms with Gasteiger partial charge in [0.05, 0.1) is 0 Å². The summed E-state index contributed by atoms with van der Waals surface area (Å²) in [4.78, 5) is 0. The van der Waals surface area contributed by atoms with Crippen LogP contribution < -0.4 is 0 Å². The van der Waals surface area contributed by atoms with Gasteiger partial charge >= 0.3 is 0 Å². The van der Waals surface area contributed by atoms with E-state index in [9.17, 15) is 0 Å². The molecule has 0 unspecified atom stereocenters. The summed E-state index contributed by atoms with van der Waals surface area (Å²) >= 11 is 0. The van der Waals surface area contributed by atoms with Crippen LogP contribution in [0.5, 0.6) is 23.0 Å². The zero-order valence-electron chi connectivity index (χ0n) is 9.33. The summed E-state index contributed by atoms with van der Waals surface area (Å²) < 4.78 is 0. The van der Waals surface area contributed by atoms with Crippen molar-refractivity contribution in [2.45, 2.75) is 6.92 Å². The maximum atomic E-state index is 8.94. The Hall–Kier alpha value is -2.36. The Balaban J connectivity index is 0.000000171. The smallest absolute Gasteiger partial charge is 0.122 e. The first kappa shape index (κ1) is 12.7. The molecule has 0 heterocycles. The molecular weight excluding hydrogens is 220 g/mol. The van der Waals surface area contributed by atoms with Crippen molar-refractivity contribution in [3.63, 3.8) is 0 Å². The maximum Gasteiger partial charge on any atom is 0.122 e. The summed E-state index contributed by atoms with van der Waals surface area (Å²) in [5, 5.41) is 35.0. The average Bonchev–Trinajstić information content (AvgIpc) is 2.24. The maximum absolute atomic E-state index is 8.94. The van der Waals surface area contributed by atoms with E-state index in [4.69, 9.17) is 20.4 Å². The first-order valence-electron chi connectivity index (χ1n) is 4.95. The standard InChI is InChI=1S/C7H8O2.C6H6O2/c1-5-2-3-6(8)4-7(5)9;7-5-2-1-3-6(8)4-5/h2-4,8-9H,1H3;1-4,7-8H. The third kappa shape index (κ3) is 4.34. The van der Waals surface area contributed by atoms with Crippen LogP contribution >= 0.6 is 0 Å². The highest BCUT2D eigenvalue weighted by molar-refractivity contribution is 5.37. The number of phenols is 4. The molecule has 4 heteroatoms. The van der Waals surface area contributed by atoms with Crippen LogP contribution in [0.1, 0.15) is 5.56 Å². The van der Waals surface area contributed by atoms with Crippen molar-refractivity contribution in [1.82, 2.24) is 0 Å². The van der Waals surface area contributed by atoms with Crippen molar-refractivity contribution < 1.29 is 20.4 Å². The average molecular weight is 234 g/mol. The molecule has 0 saturated heterocycles. The molecule has 0 bridgehead atoms. The second-order valence-corrected chi connectivity index (χ2v) is 3.49. The predicted molar refractivity (Wildman–Crippen MR) is 64.3 cm³/mol. The molecular formula is C13H14O4. The summed E-state index contributed by atoms with van der Waals surface area (Å²) in [6, 6.07) is 10.4. The molecule has 0 aliphatic rings. The third-order valence-electron chi connectivity index (χ3n) is 2.02. The van der Waals surface area contributed by atoms with Crippen LogP contribution in [0.4, 0.5) is 0 Å². The molecule has 0 aromatic heterocycles. The minimum atomic E-state index is 0.0880. The second-order valence-electron chi connectivity index (χ2n) is 3.49. The molecule has 0 fully saturated rings. The van der Waals surface area contributed by atoms with E-state index in [-0.39, 0.29) is 23.0 Å². The molecule has 2 aromatic rings. The Kier molecular flexibility index (Phi) is 4.22. The van der Waals surface area contributed by atoms with Crippen molar-refractivity contribution in [2.24, 2.45) is 0 Å². The Bertz CT molecular complexity index is 477. The molecule has 17 heavy (non-hydrogen) atoms. The highest BCUT2D eigenvalue weighted by Gasteiger charge is 1.93. The monoisotopic (exact) mass is 234 g/mol. The first-order chi connectivity index (χ1) is 7.99. The van der Waals surface area contributed by atoms with E-state index >= 15 is 0 Å². The molecule has 4 nitrogen and oxygen atoms in total. The lowest BCUT2D eigenvalue weighted by atomic mass is 10.2. The van der Waals surface area contributed by atoms with Gasteiger partial charge in [-0.05, 0) is 30.7 Å². The quantitative estimate of drug-likeness (QED) is 0.564. The van der Waals surface area contributed by atoms with E-state index in [0.717, 1.165) is 5.56 Å². The fourth-order valence-electron chi connectivity index (χ4n) is 1.09. The van der Waals surface area contributed by atoms with E-state index in [1.54, 1.807) is 19.1 Å². The number of hydrogen-bond donors (Lipinski definition) is 4. The summed E-state index contributed by atoms with van der Waals surface area (Å²) in [6.07, 6.45) is 0. The van der Waals surface area contributed by atoms with Crippen molar-refractivity contribution in [1.29, 1.82) is 0 Å². The molecule has 0 aliphatic heterocycles. The van der Waals surface area contributed by atoms with E-state index in [0.29, 0.717) is 0 Å². The lowest BCUT2D eigenvalue weighted by Crippen LogP contribution is -1.71. The fraction of sp³-hybridized carbons (Fsp3) is 0.0769. The Morgan fingerprint density at radius 1 is 0.706 bits per heavy atom. The van der Waals surface area contributed by atoms with Crippen LogP contribution in [-0.4, -0.2) is 20.4 Å². The summed E-state index contributed by atoms with van der Waals surface area (Å²) in [5.74, 6) is 0.406. The minimum Gasteiger partial charge on any atom is -0.508 e. The lowest BCUT2D eigenvalue weighted by molar-refractivity contribution is 0.447. The van der Waals surface area contributed by atoms with Crippen LogP contribution in [0.25, 0.3) is 0 Å². The van der Waals surface area contributed by atoms with E-state index in [1.165, 1.54) is 30.3 Å². The van der Waals surface area contributed by atoms with Gasteiger partial charge in [0.1, 0.15) is 23.0 Å². The van der Waals surface area contributed by atoms with Crippen molar-refractivity contribution in [2.75, 3.05) is 0 Å². The number of benzene rings is 2. The molecule has 0 spiro atoms. The van der Waals surface area contributed by atoms with Gasteiger partial charge in [0, 0.05) is 12.1 Å². The topological polar surface area (TPSA) is 80.9 Å². The van der Waals surface area contributed by atoms with Crippen LogP contribution in [-0.2, 0) is 0 Å². The highest BCUT2D eigenvalue weighted by Crippen LogP contribution is 2.20. The van der Waals surface area contributed by atoms with Gasteiger partial charge in [-0.2, -0.15) is 0 Å². The molecule has 0 atom stereocenters. The Labute approximate surface area is 99.0 Å². The van der Waals surface area contributed by atoms with Crippen LogP contribution in [0.3, 0.4) is 0 Å². The minimum absolute atomic E-state index is 0.0880. The normalized spacial score (nSPS) is 9.24. The van der Waals surface area contributed by atoms with E-state index < -0.39 is 0 Å². The van der Waals surface area contributed by atoms with Gasteiger partial charge < -0.3 is 20.4 Å². The van der Waals surface area contributed by atoms with Gasteiger partial charge in [-0.25, -0.2) is 0 Å². The van der Waals surface area contributed by atoms with E-state index in [1.807, 2.05) is 0 Å². The SMILES string of the molecule is Cc1ccc(O)cc1O.Oc1cccc(O)c1. The molecule has 2 aromatic carbocycles. The fourth-order valence-corrected chi connectivity index (χ4v) is 1.09. The third-order valence-corrected chi connectivity index (χ3v) is 2.02. The molecule has 0 amide bonds. The zero-order chi connectivity index (χ0) is 12.8. The molecule has 90 valence electrons. The summed E-state index contributed by atoms with van der Waals surface area (Å²) in [5.41, 5.74) is 0.771. The Morgan fingerprint density at radius 2 is 1.24 bits per heavy atom. The van der Waals surface area contributed by atoms with Crippen molar-refractivity contribution >= 4 is 0 Å². The van der Waals surface area contributed by atoms with Gasteiger partial charge in [0.15, 0.2) is 0 Å². The molecule has 2 rings (SSSR count). The van der Waals surface area contributed by atoms with E-state index in [2.05, 4.69) is 0 Å². The van der Waals surface area contributed by atoms with Crippen LogP contribution in [0, 0.1) is 6.92 Å². The number of hydrogen-bond acceptors (Lipinski definition) is 4. The lowest BCUT2D eigenvalue weighted by Gasteiger charge is -1.96. The van der Waals surface area contributed by atoms with Crippen molar-refractivity contribution in [3.8, 4) is 23.0 Å².